The second-order valence-corrected chi connectivity index (χ2v) is 7.64. The van der Waals surface area contributed by atoms with Crippen molar-refractivity contribution >= 4 is 21.7 Å². The molecule has 6 heteroatoms. The molecule has 2 rings (SSSR count). The van der Waals surface area contributed by atoms with E-state index in [0.29, 0.717) is 16.7 Å². The Morgan fingerprint density at radius 1 is 1.08 bits per heavy atom. The maximum Gasteiger partial charge on any atom is 0.221 e. The Morgan fingerprint density at radius 2 is 1.58 bits per heavy atom. The maximum absolute atomic E-state index is 14.2. The van der Waals surface area contributed by atoms with Gasteiger partial charge >= 0.3 is 0 Å². The van der Waals surface area contributed by atoms with Gasteiger partial charge < -0.3 is 5.11 Å². The Hall–Kier alpha value is -2.47. The number of hydrogen-bond acceptors (Lipinski definition) is 4. The van der Waals surface area contributed by atoms with Crippen LogP contribution in [0.15, 0.2) is 47.1 Å². The summed E-state index contributed by atoms with van der Waals surface area (Å²) in [6.07, 6.45) is 2.14. The number of phenols is 1. The highest BCUT2D eigenvalue weighted by molar-refractivity contribution is 7.90. The Labute approximate surface area is 140 Å². The molecule has 0 bridgehead atoms. The minimum atomic E-state index is -3.37. The predicted octanol–water partition coefficient (Wildman–Crippen LogP) is 3.61. The number of aryl methyl sites for hydroxylation is 2. The van der Waals surface area contributed by atoms with Crippen LogP contribution in [0.4, 0.5) is 4.39 Å². The normalized spacial score (nSPS) is 12.2. The fraction of sp³-hybridized carbons (Fsp3) is 0.167. The molecule has 0 amide bonds. The van der Waals surface area contributed by atoms with Gasteiger partial charge in [0, 0.05) is 11.8 Å². The molecule has 4 nitrogen and oxygen atoms in total. The van der Waals surface area contributed by atoms with Crippen LogP contribution in [0.25, 0.3) is 6.08 Å². The number of ketones is 1. The second kappa shape index (κ2) is 6.57. The number of halogens is 1. The minimum absolute atomic E-state index is 0.0587. The lowest BCUT2D eigenvalue weighted by Crippen LogP contribution is -2.02. The standard InChI is InChI=1S/C18H17FO4S/c1-11-8-13(9-12(2)17(11)20)10-16(19)18(21)14-4-6-15(7-5-14)24(3,22)23/h4-10,20H,1-3H3/b16-10-. The first kappa shape index (κ1) is 17.9. The smallest absolute Gasteiger partial charge is 0.221 e. The number of sulfone groups is 1. The van der Waals surface area contributed by atoms with Crippen molar-refractivity contribution in [1.29, 1.82) is 0 Å². The lowest BCUT2D eigenvalue weighted by molar-refractivity contribution is 0.101. The van der Waals surface area contributed by atoms with E-state index < -0.39 is 21.4 Å². The third kappa shape index (κ3) is 3.89. The Kier molecular flexibility index (Phi) is 4.89. The van der Waals surface area contributed by atoms with Gasteiger partial charge in [-0.1, -0.05) is 0 Å². The molecule has 126 valence electrons. The highest BCUT2D eigenvalue weighted by Gasteiger charge is 2.14. The third-order valence-corrected chi connectivity index (χ3v) is 4.70. The molecule has 0 aliphatic rings. The highest BCUT2D eigenvalue weighted by Crippen LogP contribution is 2.25. The number of carbonyl (C=O) groups excluding carboxylic acids is 1. The molecule has 0 spiro atoms. The van der Waals surface area contributed by atoms with Crippen molar-refractivity contribution in [1.82, 2.24) is 0 Å². The van der Waals surface area contributed by atoms with Crippen LogP contribution in [0, 0.1) is 13.8 Å². The molecule has 0 saturated heterocycles. The zero-order chi connectivity index (χ0) is 18.1. The number of allylic oxidation sites excluding steroid dienone is 1. The number of benzene rings is 2. The van der Waals surface area contributed by atoms with Gasteiger partial charge in [0.2, 0.25) is 5.78 Å². The molecular formula is C18H17FO4S. The predicted molar refractivity (Wildman–Crippen MR) is 90.5 cm³/mol. The molecule has 0 heterocycles. The van der Waals surface area contributed by atoms with Gasteiger partial charge in [-0.15, -0.1) is 0 Å². The van der Waals surface area contributed by atoms with Crippen LogP contribution >= 0.6 is 0 Å². The zero-order valence-electron chi connectivity index (χ0n) is 13.5. The van der Waals surface area contributed by atoms with E-state index in [1.54, 1.807) is 26.0 Å². The molecule has 0 radical (unpaired) electrons. The second-order valence-electron chi connectivity index (χ2n) is 5.62. The summed E-state index contributed by atoms with van der Waals surface area (Å²) in [5.74, 6) is -1.67. The summed E-state index contributed by atoms with van der Waals surface area (Å²) in [4.78, 5) is 12.2. The summed E-state index contributed by atoms with van der Waals surface area (Å²) in [5, 5.41) is 9.71. The average molecular weight is 348 g/mol. The van der Waals surface area contributed by atoms with Gasteiger partial charge in [-0.25, -0.2) is 12.8 Å². The summed E-state index contributed by atoms with van der Waals surface area (Å²) < 4.78 is 37.0. The topological polar surface area (TPSA) is 71.4 Å². The van der Waals surface area contributed by atoms with Crippen molar-refractivity contribution in [3.63, 3.8) is 0 Å². The van der Waals surface area contributed by atoms with Crippen molar-refractivity contribution in [3.05, 3.63) is 64.5 Å². The Balaban J connectivity index is 2.32. The van der Waals surface area contributed by atoms with Gasteiger partial charge in [-0.05, 0) is 73.0 Å². The van der Waals surface area contributed by atoms with E-state index in [1.807, 2.05) is 0 Å². The van der Waals surface area contributed by atoms with Gasteiger partial charge in [-0.2, -0.15) is 0 Å². The lowest BCUT2D eigenvalue weighted by atomic mass is 10.0. The van der Waals surface area contributed by atoms with Gasteiger partial charge in [0.1, 0.15) is 5.75 Å². The van der Waals surface area contributed by atoms with Crippen molar-refractivity contribution in [2.75, 3.05) is 6.26 Å². The zero-order valence-corrected chi connectivity index (χ0v) is 14.3. The minimum Gasteiger partial charge on any atom is -0.507 e. The van der Waals surface area contributed by atoms with Gasteiger partial charge in [0.25, 0.3) is 0 Å². The number of phenolic OH excluding ortho intramolecular Hbond substituents is 1. The number of aromatic hydroxyl groups is 1. The van der Waals surface area contributed by atoms with Gasteiger partial charge in [0.15, 0.2) is 15.7 Å². The summed E-state index contributed by atoms with van der Waals surface area (Å²) >= 11 is 0. The summed E-state index contributed by atoms with van der Waals surface area (Å²) in [6, 6.07) is 8.23. The highest BCUT2D eigenvalue weighted by atomic mass is 32.2. The molecule has 0 saturated carbocycles. The van der Waals surface area contributed by atoms with Crippen molar-refractivity contribution in [2.24, 2.45) is 0 Å². The number of carbonyl (C=O) groups is 1. The molecule has 0 unspecified atom stereocenters. The molecule has 0 aliphatic heterocycles. The van der Waals surface area contributed by atoms with Crippen LogP contribution in [0.2, 0.25) is 0 Å². The van der Waals surface area contributed by atoms with E-state index in [2.05, 4.69) is 0 Å². The average Bonchev–Trinajstić information content (AvgIpc) is 2.51. The van der Waals surface area contributed by atoms with E-state index >= 15 is 0 Å². The van der Waals surface area contributed by atoms with Crippen LogP contribution in [0.1, 0.15) is 27.0 Å². The van der Waals surface area contributed by atoms with Crippen molar-refractivity contribution in [2.45, 2.75) is 18.7 Å². The van der Waals surface area contributed by atoms with Crippen molar-refractivity contribution in [3.8, 4) is 5.75 Å². The first-order valence-corrected chi connectivity index (χ1v) is 9.01. The Morgan fingerprint density at radius 3 is 2.04 bits per heavy atom. The molecule has 0 aliphatic carbocycles. The molecule has 1 N–H and O–H groups in total. The molecule has 2 aromatic carbocycles. The van der Waals surface area contributed by atoms with Gasteiger partial charge in [0.05, 0.1) is 4.90 Å². The first-order valence-electron chi connectivity index (χ1n) is 7.12. The fourth-order valence-corrected chi connectivity index (χ4v) is 2.91. The maximum atomic E-state index is 14.2. The van der Waals surface area contributed by atoms with Gasteiger partial charge in [-0.3, -0.25) is 4.79 Å². The molecule has 0 aromatic heterocycles. The van der Waals surface area contributed by atoms with Crippen LogP contribution in [-0.4, -0.2) is 25.6 Å². The van der Waals surface area contributed by atoms with E-state index in [0.717, 1.165) is 12.3 Å². The molecular weight excluding hydrogens is 331 g/mol. The molecule has 24 heavy (non-hydrogen) atoms. The lowest BCUT2D eigenvalue weighted by Gasteiger charge is -2.05. The van der Waals surface area contributed by atoms with Crippen molar-refractivity contribution < 1.29 is 22.7 Å². The first-order chi connectivity index (χ1) is 11.1. The molecule has 2 aromatic rings. The quantitative estimate of drug-likeness (QED) is 0.677. The van der Waals surface area contributed by atoms with E-state index in [4.69, 9.17) is 0 Å². The van der Waals surface area contributed by atoms with E-state index in [1.165, 1.54) is 24.3 Å². The largest absolute Gasteiger partial charge is 0.507 e. The van der Waals surface area contributed by atoms with Crippen LogP contribution in [-0.2, 0) is 9.84 Å². The summed E-state index contributed by atoms with van der Waals surface area (Å²) in [5.41, 5.74) is 1.68. The number of rotatable bonds is 4. The summed E-state index contributed by atoms with van der Waals surface area (Å²) in [7, 11) is -3.37. The van der Waals surface area contributed by atoms with E-state index in [9.17, 15) is 22.7 Å². The van der Waals surface area contributed by atoms with Crippen LogP contribution < -0.4 is 0 Å². The van der Waals surface area contributed by atoms with Crippen LogP contribution in [0.3, 0.4) is 0 Å². The monoisotopic (exact) mass is 348 g/mol. The summed E-state index contributed by atoms with van der Waals surface area (Å²) in [6.45, 7) is 3.37. The Bertz CT molecular complexity index is 903. The number of Topliss-reactive ketones (excluding diaryl/α,β-unsaturated/α-hetero) is 1. The molecule has 0 atom stereocenters. The number of hydrogen-bond donors (Lipinski definition) is 1. The molecule has 0 fully saturated rings. The third-order valence-electron chi connectivity index (χ3n) is 3.57. The van der Waals surface area contributed by atoms with E-state index in [-0.39, 0.29) is 16.2 Å². The van der Waals surface area contributed by atoms with Crippen LogP contribution in [0.5, 0.6) is 5.75 Å². The SMILES string of the molecule is Cc1cc(/C=C(\F)C(=O)c2ccc(S(C)(=O)=O)cc2)cc(C)c1O. The fourth-order valence-electron chi connectivity index (χ4n) is 2.28.